The van der Waals surface area contributed by atoms with Crippen molar-refractivity contribution in [1.29, 1.82) is 0 Å². The van der Waals surface area contributed by atoms with Gasteiger partial charge in [-0.2, -0.15) is 0 Å². The molecule has 2 aromatic rings. The summed E-state index contributed by atoms with van der Waals surface area (Å²) in [5.41, 5.74) is 4.64. The van der Waals surface area contributed by atoms with Gasteiger partial charge in [-0.05, 0) is 30.0 Å². The number of carbonyl (C=O) groups excluding carboxylic acids is 1. The van der Waals surface area contributed by atoms with Crippen LogP contribution in [-0.2, 0) is 20.7 Å². The molecule has 2 atom stereocenters. The lowest BCUT2D eigenvalue weighted by molar-refractivity contribution is -0.562. The van der Waals surface area contributed by atoms with Gasteiger partial charge in [0, 0.05) is 24.9 Å². The van der Waals surface area contributed by atoms with Crippen molar-refractivity contribution in [2.45, 2.75) is 45.9 Å². The zero-order chi connectivity index (χ0) is 20.1. The summed E-state index contributed by atoms with van der Waals surface area (Å²) >= 11 is 0. The maximum atomic E-state index is 11.8. The lowest BCUT2D eigenvalue weighted by Gasteiger charge is -2.20. The van der Waals surface area contributed by atoms with Gasteiger partial charge >= 0.3 is 18.2 Å². The molecule has 1 aromatic heterocycles. The monoisotopic (exact) mass is 377 g/mol. The average Bonchev–Trinajstić information content (AvgIpc) is 3.00. The zero-order valence-corrected chi connectivity index (χ0v) is 15.4. The number of carboxylic acids is 1. The molecule has 1 heterocycles. The van der Waals surface area contributed by atoms with E-state index < -0.39 is 29.1 Å². The van der Waals surface area contributed by atoms with Crippen molar-refractivity contribution < 1.29 is 24.4 Å². The summed E-state index contributed by atoms with van der Waals surface area (Å²) in [7, 11) is 0. The number of hydrogen-bond acceptors (Lipinski definition) is 6. The number of aryl methyl sites for hydroxylation is 1. The Morgan fingerprint density at radius 1 is 1.30 bits per heavy atom. The molecule has 0 saturated heterocycles. The Hall–Kier alpha value is -3.10. The summed E-state index contributed by atoms with van der Waals surface area (Å²) < 4.78 is 6.39. The molecule has 146 valence electrons. The number of nitrogens with one attached hydrogen (secondary N) is 1. The number of nitro groups is 1. The van der Waals surface area contributed by atoms with Crippen LogP contribution in [0.25, 0.3) is 10.9 Å². The second-order valence-electron chi connectivity index (χ2n) is 6.60. The minimum atomic E-state index is -1.37. The SMILES string of the molecule is CC(C)C(Nn1ccc2c(CCC(=O)OC(C)[N+](=O)[O-])cccc21)C(=O)O. The lowest BCUT2D eigenvalue weighted by Crippen LogP contribution is -2.38. The predicted molar refractivity (Wildman–Crippen MR) is 98.4 cm³/mol. The van der Waals surface area contributed by atoms with Gasteiger partial charge in [0.05, 0.1) is 10.4 Å². The summed E-state index contributed by atoms with van der Waals surface area (Å²) in [4.78, 5) is 33.0. The van der Waals surface area contributed by atoms with Gasteiger partial charge in [0.1, 0.15) is 6.04 Å². The standard InChI is InChI=1S/C18H23N3O6/c1-11(2)17(18(23)24)19-20-10-9-14-13(5-4-6-15(14)20)7-8-16(22)27-12(3)21(25)26/h4-6,9-12,17,19H,7-8H2,1-3H3,(H,23,24). The van der Waals surface area contributed by atoms with Gasteiger partial charge in [-0.1, -0.05) is 26.0 Å². The maximum absolute atomic E-state index is 11.8. The molecule has 0 aliphatic heterocycles. The van der Waals surface area contributed by atoms with E-state index in [1.54, 1.807) is 10.9 Å². The van der Waals surface area contributed by atoms with Gasteiger partial charge in [-0.3, -0.25) is 19.6 Å². The fraction of sp³-hybridized carbons (Fsp3) is 0.444. The third-order valence-corrected chi connectivity index (χ3v) is 4.23. The third kappa shape index (κ3) is 4.96. The number of carbonyl (C=O) groups is 2. The van der Waals surface area contributed by atoms with Gasteiger partial charge < -0.3 is 15.3 Å². The highest BCUT2D eigenvalue weighted by molar-refractivity contribution is 5.85. The van der Waals surface area contributed by atoms with Crippen LogP contribution in [0.4, 0.5) is 0 Å². The average molecular weight is 377 g/mol. The molecule has 0 aliphatic rings. The Kier molecular flexibility index (Phi) is 6.38. The molecule has 27 heavy (non-hydrogen) atoms. The summed E-state index contributed by atoms with van der Waals surface area (Å²) in [6.45, 7) is 4.85. The van der Waals surface area contributed by atoms with Crippen LogP contribution in [0.1, 0.15) is 32.8 Å². The summed E-state index contributed by atoms with van der Waals surface area (Å²) in [5, 5.41) is 20.8. The number of nitrogens with zero attached hydrogens (tertiary/aromatic N) is 2. The van der Waals surface area contributed by atoms with Crippen molar-refractivity contribution in [3.05, 3.63) is 46.1 Å². The molecule has 2 rings (SSSR count). The second-order valence-corrected chi connectivity index (χ2v) is 6.60. The molecular formula is C18H23N3O6. The van der Waals surface area contributed by atoms with Crippen molar-refractivity contribution in [3.63, 3.8) is 0 Å². The molecule has 0 aliphatic carbocycles. The highest BCUT2D eigenvalue weighted by Gasteiger charge is 2.22. The van der Waals surface area contributed by atoms with E-state index in [4.69, 9.17) is 4.74 Å². The normalized spacial score (nSPS) is 13.3. The highest BCUT2D eigenvalue weighted by atomic mass is 16.7. The first-order valence-electron chi connectivity index (χ1n) is 8.62. The van der Waals surface area contributed by atoms with Gasteiger partial charge in [0.25, 0.3) is 0 Å². The minimum absolute atomic E-state index is 0.0135. The van der Waals surface area contributed by atoms with Crippen molar-refractivity contribution in [1.82, 2.24) is 4.68 Å². The molecule has 1 aromatic carbocycles. The Balaban J connectivity index is 2.14. The number of rotatable bonds is 9. The van der Waals surface area contributed by atoms with E-state index >= 15 is 0 Å². The first kappa shape index (κ1) is 20.2. The molecule has 9 heteroatoms. The van der Waals surface area contributed by atoms with Crippen molar-refractivity contribution in [3.8, 4) is 0 Å². The third-order valence-electron chi connectivity index (χ3n) is 4.23. The van der Waals surface area contributed by atoms with Crippen LogP contribution in [0.5, 0.6) is 0 Å². The first-order valence-corrected chi connectivity index (χ1v) is 8.62. The van der Waals surface area contributed by atoms with E-state index in [0.29, 0.717) is 6.42 Å². The summed E-state index contributed by atoms with van der Waals surface area (Å²) in [6, 6.07) is 6.60. The minimum Gasteiger partial charge on any atom is -0.480 e. The topological polar surface area (TPSA) is 124 Å². The van der Waals surface area contributed by atoms with Crippen molar-refractivity contribution >= 4 is 22.8 Å². The Morgan fingerprint density at radius 2 is 2.00 bits per heavy atom. The number of fused-ring (bicyclic) bond motifs is 1. The number of aromatic nitrogens is 1. The van der Waals surface area contributed by atoms with Crippen LogP contribution in [-0.4, -0.2) is 38.9 Å². The number of aliphatic carboxylic acids is 1. The maximum Gasteiger partial charge on any atom is 0.353 e. The highest BCUT2D eigenvalue weighted by Crippen LogP contribution is 2.22. The lowest BCUT2D eigenvalue weighted by atomic mass is 10.1. The van der Waals surface area contributed by atoms with E-state index in [1.165, 1.54) is 6.92 Å². The number of carboxylic acid groups (broad SMARTS) is 1. The quantitative estimate of drug-likeness (QED) is 0.297. The molecule has 0 spiro atoms. The molecule has 0 amide bonds. The number of hydrogen-bond donors (Lipinski definition) is 2. The fourth-order valence-electron chi connectivity index (χ4n) is 2.73. The van der Waals surface area contributed by atoms with E-state index in [9.17, 15) is 24.8 Å². The first-order chi connectivity index (χ1) is 12.7. The molecule has 2 unspecified atom stereocenters. The van der Waals surface area contributed by atoms with Crippen molar-refractivity contribution in [2.75, 3.05) is 5.43 Å². The molecule has 2 N–H and O–H groups in total. The molecular weight excluding hydrogens is 354 g/mol. The van der Waals surface area contributed by atoms with Gasteiger partial charge in [-0.15, -0.1) is 0 Å². The summed E-state index contributed by atoms with van der Waals surface area (Å²) in [5.74, 6) is -1.69. The molecule has 0 saturated carbocycles. The molecule has 0 fully saturated rings. The predicted octanol–water partition coefficient (Wildman–Crippen LogP) is 2.39. The van der Waals surface area contributed by atoms with Gasteiger partial charge in [-0.25, -0.2) is 4.79 Å². The Labute approximate surface area is 156 Å². The van der Waals surface area contributed by atoms with Gasteiger partial charge in [0.15, 0.2) is 0 Å². The Bertz CT molecular complexity index is 845. The second kappa shape index (κ2) is 8.52. The molecule has 9 nitrogen and oxygen atoms in total. The van der Waals surface area contributed by atoms with Crippen LogP contribution in [0, 0.1) is 16.0 Å². The number of esters is 1. The van der Waals surface area contributed by atoms with Crippen molar-refractivity contribution in [2.24, 2.45) is 5.92 Å². The number of benzene rings is 1. The smallest absolute Gasteiger partial charge is 0.353 e. The van der Waals surface area contributed by atoms with E-state index in [0.717, 1.165) is 16.5 Å². The summed E-state index contributed by atoms with van der Waals surface area (Å²) in [6.07, 6.45) is 0.735. The van der Waals surface area contributed by atoms with E-state index in [2.05, 4.69) is 5.43 Å². The largest absolute Gasteiger partial charge is 0.480 e. The van der Waals surface area contributed by atoms with Crippen LogP contribution in [0.3, 0.4) is 0 Å². The molecule has 0 bridgehead atoms. The zero-order valence-electron chi connectivity index (χ0n) is 15.4. The van der Waals surface area contributed by atoms with Crippen LogP contribution in [0.2, 0.25) is 0 Å². The van der Waals surface area contributed by atoms with E-state index in [-0.39, 0.29) is 12.3 Å². The Morgan fingerprint density at radius 3 is 2.59 bits per heavy atom. The molecule has 0 radical (unpaired) electrons. The van der Waals surface area contributed by atoms with Crippen LogP contribution >= 0.6 is 0 Å². The van der Waals surface area contributed by atoms with E-state index in [1.807, 2.05) is 38.1 Å². The van der Waals surface area contributed by atoms with Crippen LogP contribution < -0.4 is 5.43 Å². The number of ether oxygens (including phenoxy) is 1. The van der Waals surface area contributed by atoms with Crippen LogP contribution in [0.15, 0.2) is 30.5 Å². The van der Waals surface area contributed by atoms with Gasteiger partial charge in [0.2, 0.25) is 0 Å². The fourth-order valence-corrected chi connectivity index (χ4v) is 2.73.